The number of benzene rings is 1. The number of amides is 5. The monoisotopic (exact) mass is 251 g/mol. The van der Waals surface area contributed by atoms with Crippen molar-refractivity contribution in [1.29, 1.82) is 0 Å². The van der Waals surface area contributed by atoms with E-state index in [1.165, 1.54) is 0 Å². The first kappa shape index (κ1) is 13.5. The van der Waals surface area contributed by atoms with E-state index in [1.807, 2.05) is 10.6 Å². The summed E-state index contributed by atoms with van der Waals surface area (Å²) in [5.74, 6) is 0. The largest absolute Gasteiger partial charge is 0.450 e. The highest BCUT2D eigenvalue weighted by Gasteiger charge is 2.11. The van der Waals surface area contributed by atoms with Gasteiger partial charge in [-0.1, -0.05) is 18.2 Å². The number of hydrogen-bond donors (Lipinski definition) is 3. The fraction of sp³-hybridized carbons (Fsp3) is 0.182. The lowest BCUT2D eigenvalue weighted by atomic mass is 10.3. The van der Waals surface area contributed by atoms with Crippen LogP contribution in [0.1, 0.15) is 6.92 Å². The summed E-state index contributed by atoms with van der Waals surface area (Å²) in [5.41, 5.74) is 0.527. The molecule has 0 fully saturated rings. The van der Waals surface area contributed by atoms with Crippen LogP contribution in [0.5, 0.6) is 0 Å². The molecule has 0 aliphatic heterocycles. The van der Waals surface area contributed by atoms with Crippen molar-refractivity contribution >= 4 is 23.8 Å². The van der Waals surface area contributed by atoms with Gasteiger partial charge in [0.05, 0.1) is 6.61 Å². The molecule has 0 aliphatic carbocycles. The first-order valence-electron chi connectivity index (χ1n) is 5.22. The van der Waals surface area contributed by atoms with Gasteiger partial charge >= 0.3 is 18.2 Å². The molecule has 0 bridgehead atoms. The second kappa shape index (κ2) is 6.89. The van der Waals surface area contributed by atoms with E-state index in [-0.39, 0.29) is 6.61 Å². The Morgan fingerprint density at radius 1 is 1.06 bits per heavy atom. The van der Waals surface area contributed by atoms with Crippen molar-refractivity contribution < 1.29 is 19.1 Å². The second-order valence-electron chi connectivity index (χ2n) is 3.12. The summed E-state index contributed by atoms with van der Waals surface area (Å²) < 4.78 is 4.47. The molecule has 0 aromatic heterocycles. The third-order valence-corrected chi connectivity index (χ3v) is 1.75. The molecule has 3 N–H and O–H groups in total. The number of ether oxygens (including phenoxy) is 1. The molecule has 0 saturated heterocycles. The molecule has 0 spiro atoms. The third kappa shape index (κ3) is 4.97. The number of urea groups is 2. The van der Waals surface area contributed by atoms with Gasteiger partial charge in [-0.15, -0.1) is 0 Å². The van der Waals surface area contributed by atoms with Crippen molar-refractivity contribution in [2.75, 3.05) is 11.9 Å². The molecular weight excluding hydrogens is 238 g/mol. The number of nitrogens with one attached hydrogen (secondary N) is 3. The number of carbonyl (C=O) groups excluding carboxylic acids is 3. The lowest BCUT2D eigenvalue weighted by Gasteiger charge is -2.07. The third-order valence-electron chi connectivity index (χ3n) is 1.75. The van der Waals surface area contributed by atoms with Gasteiger partial charge in [-0.05, 0) is 19.1 Å². The first-order valence-corrected chi connectivity index (χ1v) is 5.22. The van der Waals surface area contributed by atoms with Gasteiger partial charge in [0.2, 0.25) is 0 Å². The van der Waals surface area contributed by atoms with Crippen molar-refractivity contribution in [2.45, 2.75) is 6.92 Å². The molecule has 0 radical (unpaired) electrons. The van der Waals surface area contributed by atoms with Crippen LogP contribution in [0.25, 0.3) is 0 Å². The Bertz CT molecular complexity index is 433. The lowest BCUT2D eigenvalue weighted by Crippen LogP contribution is -2.44. The van der Waals surface area contributed by atoms with Crippen molar-refractivity contribution in [3.05, 3.63) is 30.3 Å². The van der Waals surface area contributed by atoms with Gasteiger partial charge in [0, 0.05) is 5.69 Å². The summed E-state index contributed by atoms with van der Waals surface area (Å²) >= 11 is 0. The van der Waals surface area contributed by atoms with Gasteiger partial charge in [0.15, 0.2) is 0 Å². The molecule has 0 unspecified atom stereocenters. The zero-order valence-electron chi connectivity index (χ0n) is 9.73. The van der Waals surface area contributed by atoms with Crippen molar-refractivity contribution in [1.82, 2.24) is 10.6 Å². The average molecular weight is 251 g/mol. The van der Waals surface area contributed by atoms with Crippen LogP contribution in [0, 0.1) is 0 Å². The highest BCUT2D eigenvalue weighted by molar-refractivity contribution is 6.04. The number of anilines is 1. The molecule has 5 amide bonds. The Morgan fingerprint density at radius 3 is 2.33 bits per heavy atom. The molecular formula is C11H13N3O4. The van der Waals surface area contributed by atoms with Crippen LogP contribution in [-0.4, -0.2) is 24.8 Å². The minimum absolute atomic E-state index is 0.134. The minimum Gasteiger partial charge on any atom is -0.450 e. The minimum atomic E-state index is -0.957. The molecule has 1 aromatic rings. The number of para-hydroxylation sites is 1. The van der Waals surface area contributed by atoms with Gasteiger partial charge < -0.3 is 10.1 Å². The molecule has 1 rings (SSSR count). The van der Waals surface area contributed by atoms with E-state index < -0.39 is 18.2 Å². The van der Waals surface area contributed by atoms with Crippen LogP contribution in [0.15, 0.2) is 30.3 Å². The maximum atomic E-state index is 11.3. The molecule has 18 heavy (non-hydrogen) atoms. The number of carbonyl (C=O) groups is 3. The van der Waals surface area contributed by atoms with Crippen molar-refractivity contribution in [3.63, 3.8) is 0 Å². The number of alkyl carbamates (subject to hydrolysis) is 1. The summed E-state index contributed by atoms with van der Waals surface area (Å²) in [6, 6.07) is 6.86. The molecule has 7 nitrogen and oxygen atoms in total. The molecule has 0 atom stereocenters. The summed E-state index contributed by atoms with van der Waals surface area (Å²) in [5, 5.41) is 6.16. The van der Waals surface area contributed by atoms with E-state index in [0.29, 0.717) is 5.69 Å². The maximum absolute atomic E-state index is 11.3. The Labute approximate surface area is 104 Å². The summed E-state index contributed by atoms with van der Waals surface area (Å²) in [6.45, 7) is 1.73. The smallest absolute Gasteiger partial charge is 0.415 e. The maximum Gasteiger partial charge on any atom is 0.415 e. The first-order chi connectivity index (χ1) is 8.61. The van der Waals surface area contributed by atoms with Crippen LogP contribution in [0.3, 0.4) is 0 Å². The van der Waals surface area contributed by atoms with E-state index in [1.54, 1.807) is 37.3 Å². The van der Waals surface area contributed by atoms with Gasteiger partial charge in [-0.3, -0.25) is 5.32 Å². The van der Waals surface area contributed by atoms with Gasteiger partial charge in [-0.25, -0.2) is 19.7 Å². The summed E-state index contributed by atoms with van der Waals surface area (Å²) in [4.78, 5) is 33.3. The van der Waals surface area contributed by atoms with E-state index in [2.05, 4.69) is 10.1 Å². The number of imide groups is 2. The Kier molecular flexibility index (Phi) is 5.17. The van der Waals surface area contributed by atoms with E-state index in [0.717, 1.165) is 0 Å². The molecule has 0 heterocycles. The van der Waals surface area contributed by atoms with E-state index in [4.69, 9.17) is 0 Å². The standard InChI is InChI=1S/C11H13N3O4/c1-2-18-11(17)14-10(16)13-9(15)12-8-6-4-3-5-7-8/h3-7H,2H2,1H3,(H3,12,13,14,15,16,17). The van der Waals surface area contributed by atoms with Crippen molar-refractivity contribution in [3.8, 4) is 0 Å². The van der Waals surface area contributed by atoms with Crippen LogP contribution in [0.2, 0.25) is 0 Å². The normalized spacial score (nSPS) is 9.17. The van der Waals surface area contributed by atoms with E-state index >= 15 is 0 Å². The van der Waals surface area contributed by atoms with Crippen molar-refractivity contribution in [2.24, 2.45) is 0 Å². The van der Waals surface area contributed by atoms with Crippen LogP contribution in [-0.2, 0) is 4.74 Å². The van der Waals surface area contributed by atoms with Gasteiger partial charge in [0.1, 0.15) is 0 Å². The second-order valence-corrected chi connectivity index (χ2v) is 3.12. The zero-order valence-corrected chi connectivity index (χ0v) is 9.73. The molecule has 0 aliphatic rings. The summed E-state index contributed by atoms with van der Waals surface area (Å²) in [6.07, 6.45) is -0.914. The highest BCUT2D eigenvalue weighted by atomic mass is 16.5. The lowest BCUT2D eigenvalue weighted by molar-refractivity contribution is 0.153. The predicted molar refractivity (Wildman–Crippen MR) is 64.2 cm³/mol. The Hall–Kier alpha value is -2.57. The SMILES string of the molecule is CCOC(=O)NC(=O)NC(=O)Nc1ccccc1. The summed E-state index contributed by atoms with van der Waals surface area (Å²) in [7, 11) is 0. The number of rotatable bonds is 2. The fourth-order valence-electron chi connectivity index (χ4n) is 1.08. The highest BCUT2D eigenvalue weighted by Crippen LogP contribution is 2.03. The molecule has 1 aromatic carbocycles. The molecule has 96 valence electrons. The van der Waals surface area contributed by atoms with Gasteiger partial charge in [-0.2, -0.15) is 0 Å². The number of hydrogen-bond acceptors (Lipinski definition) is 4. The molecule has 7 heteroatoms. The van der Waals surface area contributed by atoms with Crippen LogP contribution >= 0.6 is 0 Å². The average Bonchev–Trinajstić information content (AvgIpc) is 2.29. The van der Waals surface area contributed by atoms with Gasteiger partial charge in [0.25, 0.3) is 0 Å². The topological polar surface area (TPSA) is 96.5 Å². The Morgan fingerprint density at radius 2 is 1.72 bits per heavy atom. The fourth-order valence-corrected chi connectivity index (χ4v) is 1.08. The van der Waals surface area contributed by atoms with Crippen LogP contribution < -0.4 is 16.0 Å². The zero-order chi connectivity index (χ0) is 13.4. The molecule has 0 saturated carbocycles. The quantitative estimate of drug-likeness (QED) is 0.744. The van der Waals surface area contributed by atoms with Crippen LogP contribution in [0.4, 0.5) is 20.1 Å². The Balaban J connectivity index is 2.36. The predicted octanol–water partition coefficient (Wildman–Crippen LogP) is 1.67. The van der Waals surface area contributed by atoms with E-state index in [9.17, 15) is 14.4 Å².